The number of benzene rings is 1. The summed E-state index contributed by atoms with van der Waals surface area (Å²) in [6.45, 7) is 8.11. The molecule has 2 aliphatic heterocycles. The van der Waals surface area contributed by atoms with E-state index in [9.17, 15) is 9.59 Å². The van der Waals surface area contributed by atoms with E-state index < -0.39 is 0 Å². The Bertz CT molecular complexity index is 606. The zero-order chi connectivity index (χ0) is 15.9. The minimum atomic E-state index is -0.192. The Morgan fingerprint density at radius 2 is 1.73 bits per heavy atom. The molecule has 0 bridgehead atoms. The van der Waals surface area contributed by atoms with E-state index in [1.54, 1.807) is 0 Å². The zero-order valence-electron chi connectivity index (χ0n) is 13.6. The van der Waals surface area contributed by atoms with Crippen molar-refractivity contribution in [3.8, 4) is 0 Å². The second kappa shape index (κ2) is 5.82. The maximum Gasteiger partial charge on any atom is 0.292 e. The van der Waals surface area contributed by atoms with Crippen LogP contribution in [0.1, 0.15) is 17.5 Å². The summed E-state index contributed by atoms with van der Waals surface area (Å²) in [4.78, 5) is 29.3. The number of imide groups is 1. The third-order valence-corrected chi connectivity index (χ3v) is 5.13. The van der Waals surface area contributed by atoms with Crippen LogP contribution < -0.4 is 14.7 Å². The van der Waals surface area contributed by atoms with E-state index in [1.165, 1.54) is 20.3 Å². The lowest BCUT2D eigenvalue weighted by Gasteiger charge is -2.30. The lowest BCUT2D eigenvalue weighted by molar-refractivity contribution is -1.01. The molecule has 0 spiro atoms. The van der Waals surface area contributed by atoms with Gasteiger partial charge in [-0.05, 0) is 37.1 Å². The Labute approximate surface area is 131 Å². The Balaban J connectivity index is 1.80. The van der Waals surface area contributed by atoms with Gasteiger partial charge in [0.15, 0.2) is 6.04 Å². The molecular weight excluding hydrogens is 278 g/mol. The molecule has 5 nitrogen and oxygen atoms in total. The first-order chi connectivity index (χ1) is 10.5. The van der Waals surface area contributed by atoms with Gasteiger partial charge in [-0.3, -0.25) is 9.59 Å². The van der Waals surface area contributed by atoms with Crippen molar-refractivity contribution in [1.82, 2.24) is 0 Å². The van der Waals surface area contributed by atoms with Gasteiger partial charge in [-0.1, -0.05) is 6.07 Å². The van der Waals surface area contributed by atoms with Crippen LogP contribution >= 0.6 is 0 Å². The summed E-state index contributed by atoms with van der Waals surface area (Å²) in [5, 5.41) is 0. The fourth-order valence-electron chi connectivity index (χ4n) is 3.43. The Morgan fingerprint density at radius 3 is 2.36 bits per heavy atom. The lowest BCUT2D eigenvalue weighted by atomic mass is 10.1. The molecule has 0 aromatic heterocycles. The van der Waals surface area contributed by atoms with E-state index in [0.29, 0.717) is 6.42 Å². The van der Waals surface area contributed by atoms with Crippen LogP contribution in [-0.2, 0) is 9.59 Å². The van der Waals surface area contributed by atoms with Crippen molar-refractivity contribution in [2.24, 2.45) is 0 Å². The molecule has 0 unspecified atom stereocenters. The van der Waals surface area contributed by atoms with E-state index in [1.807, 2.05) is 32.0 Å². The second-order valence-corrected chi connectivity index (χ2v) is 6.71. The molecule has 1 atom stereocenters. The maximum atomic E-state index is 12.8. The Hall–Kier alpha value is -1.72. The van der Waals surface area contributed by atoms with Crippen LogP contribution in [0.5, 0.6) is 0 Å². The normalized spacial score (nSPS) is 29.2. The molecule has 0 radical (unpaired) electrons. The smallest absolute Gasteiger partial charge is 0.292 e. The number of aryl methyl sites for hydroxylation is 2. The van der Waals surface area contributed by atoms with Gasteiger partial charge in [-0.2, -0.15) is 0 Å². The highest BCUT2D eigenvalue weighted by Crippen LogP contribution is 2.24. The van der Waals surface area contributed by atoms with Crippen molar-refractivity contribution in [2.45, 2.75) is 26.3 Å². The first kappa shape index (κ1) is 15.2. The van der Waals surface area contributed by atoms with Crippen LogP contribution in [0.25, 0.3) is 0 Å². The summed E-state index contributed by atoms with van der Waals surface area (Å²) in [6.07, 6.45) is 0.347. The highest BCUT2D eigenvalue weighted by molar-refractivity contribution is 6.21. The van der Waals surface area contributed by atoms with E-state index >= 15 is 0 Å². The number of likely N-dealkylation sites (N-methyl/N-ethyl adjacent to an activating group) is 1. The molecular formula is C17H25N3O2+2. The molecule has 2 saturated heterocycles. The number of quaternary nitrogens is 2. The molecule has 1 aromatic carbocycles. The first-order valence-electron chi connectivity index (χ1n) is 8.07. The van der Waals surface area contributed by atoms with E-state index in [0.717, 1.165) is 37.4 Å². The van der Waals surface area contributed by atoms with Gasteiger partial charge >= 0.3 is 0 Å². The second-order valence-electron chi connectivity index (χ2n) is 6.71. The molecule has 3 rings (SSSR count). The summed E-state index contributed by atoms with van der Waals surface area (Å²) in [6, 6.07) is 5.60. The van der Waals surface area contributed by atoms with Gasteiger partial charge in [-0.25, -0.2) is 4.90 Å². The number of carbonyl (C=O) groups excluding carboxylic acids is 2. The largest absolute Gasteiger partial charge is 0.328 e. The van der Waals surface area contributed by atoms with Gasteiger partial charge in [0.1, 0.15) is 26.2 Å². The number of nitrogens with one attached hydrogen (secondary N) is 2. The maximum absolute atomic E-state index is 12.8. The van der Waals surface area contributed by atoms with Crippen molar-refractivity contribution in [1.29, 1.82) is 0 Å². The number of rotatable bonds is 2. The van der Waals surface area contributed by atoms with Crippen LogP contribution in [-0.4, -0.2) is 51.1 Å². The fraction of sp³-hybridized carbons (Fsp3) is 0.529. The summed E-state index contributed by atoms with van der Waals surface area (Å²) in [5.41, 5.74) is 3.00. The first-order valence-corrected chi connectivity index (χ1v) is 8.07. The standard InChI is InChI=1S/C17H23N3O2/c1-12-4-5-14(10-13(12)2)20-16(21)11-15(17(20)22)19-8-6-18(3)7-9-19/h4-5,10,15H,6-9,11H2,1-3H3/p+2/t15-/m1/s1. The van der Waals surface area contributed by atoms with Gasteiger partial charge in [0.05, 0.1) is 19.2 Å². The summed E-state index contributed by atoms with van der Waals surface area (Å²) in [7, 11) is 2.18. The summed E-state index contributed by atoms with van der Waals surface area (Å²) >= 11 is 0. The number of nitrogens with zero attached hydrogens (tertiary/aromatic N) is 1. The van der Waals surface area contributed by atoms with Crippen molar-refractivity contribution in [3.05, 3.63) is 29.3 Å². The Morgan fingerprint density at radius 1 is 1.05 bits per heavy atom. The van der Waals surface area contributed by atoms with Crippen LogP contribution in [0.15, 0.2) is 18.2 Å². The molecule has 22 heavy (non-hydrogen) atoms. The lowest BCUT2D eigenvalue weighted by Crippen LogP contribution is -3.29. The fourth-order valence-corrected chi connectivity index (χ4v) is 3.43. The van der Waals surface area contributed by atoms with Crippen molar-refractivity contribution in [2.75, 3.05) is 38.1 Å². The topological polar surface area (TPSA) is 46.3 Å². The SMILES string of the molecule is Cc1ccc(N2C(=O)C[C@@H]([NH+]3CC[NH+](C)CC3)C2=O)cc1C. The average molecular weight is 303 g/mol. The number of piperazine rings is 1. The summed E-state index contributed by atoms with van der Waals surface area (Å²) < 4.78 is 0. The zero-order valence-corrected chi connectivity index (χ0v) is 13.6. The predicted octanol–water partition coefficient (Wildman–Crippen LogP) is -1.65. The summed E-state index contributed by atoms with van der Waals surface area (Å²) in [5.74, 6) is -0.0835. The van der Waals surface area contributed by atoms with Crippen molar-refractivity contribution in [3.63, 3.8) is 0 Å². The van der Waals surface area contributed by atoms with Crippen LogP contribution in [0.2, 0.25) is 0 Å². The van der Waals surface area contributed by atoms with E-state index in [4.69, 9.17) is 0 Å². The molecule has 0 aliphatic carbocycles. The van der Waals surface area contributed by atoms with Crippen LogP contribution in [0.3, 0.4) is 0 Å². The number of amides is 2. The van der Waals surface area contributed by atoms with Gasteiger partial charge in [0.2, 0.25) is 5.91 Å². The molecule has 118 valence electrons. The highest BCUT2D eigenvalue weighted by atomic mass is 16.2. The van der Waals surface area contributed by atoms with Gasteiger partial charge in [0.25, 0.3) is 5.91 Å². The Kier molecular flexibility index (Phi) is 4.02. The van der Waals surface area contributed by atoms with Crippen molar-refractivity contribution >= 4 is 17.5 Å². The third-order valence-electron chi connectivity index (χ3n) is 5.13. The molecule has 1 aromatic rings. The number of hydrogen-bond acceptors (Lipinski definition) is 2. The highest BCUT2D eigenvalue weighted by Gasteiger charge is 2.46. The molecule has 2 N–H and O–H groups in total. The number of hydrogen-bond donors (Lipinski definition) is 2. The quantitative estimate of drug-likeness (QED) is 0.643. The monoisotopic (exact) mass is 303 g/mol. The molecule has 5 heteroatoms. The third kappa shape index (κ3) is 2.66. The molecule has 2 fully saturated rings. The predicted molar refractivity (Wildman–Crippen MR) is 84.1 cm³/mol. The van der Waals surface area contributed by atoms with Gasteiger partial charge < -0.3 is 9.80 Å². The van der Waals surface area contributed by atoms with Gasteiger partial charge in [-0.15, -0.1) is 0 Å². The number of anilines is 1. The van der Waals surface area contributed by atoms with E-state index in [2.05, 4.69) is 7.05 Å². The van der Waals surface area contributed by atoms with Gasteiger partial charge in [0, 0.05) is 0 Å². The van der Waals surface area contributed by atoms with Crippen molar-refractivity contribution < 1.29 is 19.4 Å². The van der Waals surface area contributed by atoms with E-state index in [-0.39, 0.29) is 17.9 Å². The molecule has 2 amide bonds. The average Bonchev–Trinajstić information content (AvgIpc) is 2.78. The molecule has 0 saturated carbocycles. The van der Waals surface area contributed by atoms with Crippen LogP contribution in [0, 0.1) is 13.8 Å². The molecule has 2 heterocycles. The minimum Gasteiger partial charge on any atom is -0.328 e. The molecule has 2 aliphatic rings. The van der Waals surface area contributed by atoms with Crippen LogP contribution in [0.4, 0.5) is 5.69 Å². The number of carbonyl (C=O) groups is 2. The minimum absolute atomic E-state index is 0.0252.